The first-order chi connectivity index (χ1) is 9.49. The molecule has 0 aliphatic heterocycles. The van der Waals surface area contributed by atoms with Gasteiger partial charge in [0.15, 0.2) is 0 Å². The van der Waals surface area contributed by atoms with Crippen LogP contribution in [0.5, 0.6) is 0 Å². The van der Waals surface area contributed by atoms with Gasteiger partial charge in [-0.05, 0) is 50.9 Å². The zero-order chi connectivity index (χ0) is 14.9. The maximum absolute atomic E-state index is 6.21. The molecule has 2 rings (SSSR count). The number of aryl methyl sites for hydroxylation is 1. The number of nitrogens with zero attached hydrogens (tertiary/aromatic N) is 2. The maximum atomic E-state index is 6.21. The van der Waals surface area contributed by atoms with Crippen LogP contribution in [0.1, 0.15) is 82.9 Å². The number of rotatable bonds is 4. The summed E-state index contributed by atoms with van der Waals surface area (Å²) in [4.78, 5) is 0. The van der Waals surface area contributed by atoms with E-state index in [0.717, 1.165) is 24.7 Å². The second kappa shape index (κ2) is 6.30. The van der Waals surface area contributed by atoms with Crippen molar-refractivity contribution >= 4 is 0 Å². The van der Waals surface area contributed by atoms with Crippen LogP contribution < -0.4 is 5.73 Å². The van der Waals surface area contributed by atoms with E-state index in [9.17, 15) is 0 Å². The third-order valence-corrected chi connectivity index (χ3v) is 5.17. The molecule has 1 heterocycles. The number of hydrogen-bond acceptors (Lipinski definition) is 2. The molecule has 1 aliphatic rings. The number of nitrogens with two attached hydrogens (primary N) is 1. The third-order valence-electron chi connectivity index (χ3n) is 5.17. The zero-order valence-electron chi connectivity index (χ0n) is 13.8. The minimum absolute atomic E-state index is 0.0913. The molecular weight excluding hydrogens is 246 g/mol. The summed E-state index contributed by atoms with van der Waals surface area (Å²) in [5, 5.41) is 4.94. The Morgan fingerprint density at radius 1 is 1.20 bits per heavy atom. The fraction of sp³-hybridized carbons (Fsp3) is 0.824. The quantitative estimate of drug-likeness (QED) is 0.903. The highest BCUT2D eigenvalue weighted by Gasteiger charge is 2.29. The Morgan fingerprint density at radius 2 is 1.90 bits per heavy atom. The molecule has 0 bridgehead atoms. The van der Waals surface area contributed by atoms with Crippen LogP contribution in [0.2, 0.25) is 0 Å². The normalized spacial score (nSPS) is 28.6. The molecule has 2 N–H and O–H groups in total. The predicted molar refractivity (Wildman–Crippen MR) is 84.8 cm³/mol. The average molecular weight is 277 g/mol. The molecule has 4 unspecified atom stereocenters. The second-order valence-electron chi connectivity index (χ2n) is 6.67. The summed E-state index contributed by atoms with van der Waals surface area (Å²) in [6, 6.07) is 0.669. The smallest absolute Gasteiger partial charge is 0.0672 e. The monoisotopic (exact) mass is 277 g/mol. The van der Waals surface area contributed by atoms with Gasteiger partial charge in [0.1, 0.15) is 0 Å². The molecule has 3 nitrogen and oxygen atoms in total. The van der Waals surface area contributed by atoms with Crippen LogP contribution in [0.15, 0.2) is 0 Å². The molecule has 4 atom stereocenters. The van der Waals surface area contributed by atoms with E-state index in [4.69, 9.17) is 10.8 Å². The fourth-order valence-electron chi connectivity index (χ4n) is 3.72. The van der Waals surface area contributed by atoms with Gasteiger partial charge < -0.3 is 5.73 Å². The third kappa shape index (κ3) is 2.78. The Labute approximate surface area is 123 Å². The van der Waals surface area contributed by atoms with Gasteiger partial charge in [-0.25, -0.2) is 0 Å². The Morgan fingerprint density at radius 3 is 2.40 bits per heavy atom. The van der Waals surface area contributed by atoms with Crippen LogP contribution >= 0.6 is 0 Å². The fourth-order valence-corrected chi connectivity index (χ4v) is 3.72. The van der Waals surface area contributed by atoms with E-state index in [1.54, 1.807) is 0 Å². The SMILES string of the molecule is CCc1nn(C2CCC(C)C(C)C2)c(CC)c1C(C)N. The molecule has 0 radical (unpaired) electrons. The lowest BCUT2D eigenvalue weighted by molar-refractivity contribution is 0.198. The van der Waals surface area contributed by atoms with E-state index in [2.05, 4.69) is 39.3 Å². The van der Waals surface area contributed by atoms with Crippen molar-refractivity contribution in [3.05, 3.63) is 17.0 Å². The first-order valence-corrected chi connectivity index (χ1v) is 8.35. The van der Waals surface area contributed by atoms with Crippen LogP contribution in [0.4, 0.5) is 0 Å². The van der Waals surface area contributed by atoms with Crippen molar-refractivity contribution in [1.29, 1.82) is 0 Å². The van der Waals surface area contributed by atoms with Gasteiger partial charge in [-0.15, -0.1) is 0 Å². The molecule has 1 aromatic rings. The first kappa shape index (κ1) is 15.6. The van der Waals surface area contributed by atoms with E-state index in [1.807, 2.05) is 0 Å². The Balaban J connectivity index is 2.36. The molecular formula is C17H31N3. The predicted octanol–water partition coefficient (Wildman–Crippen LogP) is 4.02. The molecule has 0 saturated heterocycles. The highest BCUT2D eigenvalue weighted by molar-refractivity contribution is 5.30. The number of hydrogen-bond donors (Lipinski definition) is 1. The van der Waals surface area contributed by atoms with Gasteiger partial charge in [-0.2, -0.15) is 5.10 Å². The molecule has 1 fully saturated rings. The Hall–Kier alpha value is -0.830. The molecule has 0 aromatic carbocycles. The van der Waals surface area contributed by atoms with Gasteiger partial charge in [-0.1, -0.05) is 27.7 Å². The lowest BCUT2D eigenvalue weighted by Gasteiger charge is -2.33. The summed E-state index contributed by atoms with van der Waals surface area (Å²) < 4.78 is 2.33. The second-order valence-corrected chi connectivity index (χ2v) is 6.67. The van der Waals surface area contributed by atoms with Crippen molar-refractivity contribution in [3.8, 4) is 0 Å². The topological polar surface area (TPSA) is 43.8 Å². The van der Waals surface area contributed by atoms with Crippen molar-refractivity contribution in [2.75, 3.05) is 0 Å². The summed E-state index contributed by atoms with van der Waals surface area (Å²) in [5.41, 5.74) is 10.1. The minimum atomic E-state index is 0.0913. The van der Waals surface area contributed by atoms with E-state index < -0.39 is 0 Å². The van der Waals surface area contributed by atoms with E-state index in [0.29, 0.717) is 6.04 Å². The maximum Gasteiger partial charge on any atom is 0.0672 e. The van der Waals surface area contributed by atoms with Crippen molar-refractivity contribution in [2.45, 2.75) is 78.8 Å². The molecule has 1 aromatic heterocycles. The number of aromatic nitrogens is 2. The van der Waals surface area contributed by atoms with Gasteiger partial charge >= 0.3 is 0 Å². The van der Waals surface area contributed by atoms with E-state index in [-0.39, 0.29) is 6.04 Å². The molecule has 20 heavy (non-hydrogen) atoms. The average Bonchev–Trinajstić information content (AvgIpc) is 2.80. The first-order valence-electron chi connectivity index (χ1n) is 8.35. The molecule has 0 amide bonds. The zero-order valence-corrected chi connectivity index (χ0v) is 13.8. The van der Waals surface area contributed by atoms with Crippen molar-refractivity contribution in [1.82, 2.24) is 9.78 Å². The van der Waals surface area contributed by atoms with Crippen molar-refractivity contribution in [3.63, 3.8) is 0 Å². The van der Waals surface area contributed by atoms with Crippen LogP contribution in [-0.2, 0) is 12.8 Å². The lowest BCUT2D eigenvalue weighted by atomic mass is 9.79. The largest absolute Gasteiger partial charge is 0.324 e. The van der Waals surface area contributed by atoms with Gasteiger partial charge in [-0.3, -0.25) is 4.68 Å². The molecule has 114 valence electrons. The summed E-state index contributed by atoms with van der Waals surface area (Å²) >= 11 is 0. The van der Waals surface area contributed by atoms with E-state index in [1.165, 1.54) is 36.2 Å². The highest BCUT2D eigenvalue weighted by Crippen LogP contribution is 2.38. The summed E-state index contributed by atoms with van der Waals surface area (Å²) in [6.45, 7) is 11.3. The Kier molecular flexibility index (Phi) is 4.90. The van der Waals surface area contributed by atoms with Crippen LogP contribution in [-0.4, -0.2) is 9.78 Å². The summed E-state index contributed by atoms with van der Waals surface area (Å²) in [7, 11) is 0. The van der Waals surface area contributed by atoms with Gasteiger partial charge in [0.25, 0.3) is 0 Å². The van der Waals surface area contributed by atoms with E-state index >= 15 is 0 Å². The van der Waals surface area contributed by atoms with Gasteiger partial charge in [0, 0.05) is 17.3 Å². The molecule has 1 saturated carbocycles. The van der Waals surface area contributed by atoms with Crippen LogP contribution in [0, 0.1) is 11.8 Å². The molecule has 3 heteroatoms. The highest BCUT2D eigenvalue weighted by atomic mass is 15.3. The van der Waals surface area contributed by atoms with Crippen LogP contribution in [0.3, 0.4) is 0 Å². The van der Waals surface area contributed by atoms with Gasteiger partial charge in [0.05, 0.1) is 11.7 Å². The summed E-state index contributed by atoms with van der Waals surface area (Å²) in [6.07, 6.45) is 5.86. The van der Waals surface area contributed by atoms with Crippen molar-refractivity contribution in [2.24, 2.45) is 17.6 Å². The minimum Gasteiger partial charge on any atom is -0.324 e. The van der Waals surface area contributed by atoms with Gasteiger partial charge in [0.2, 0.25) is 0 Å². The molecule has 0 spiro atoms. The standard InChI is InChI=1S/C17H31N3/c1-6-15-17(13(5)18)16(7-2)20(19-15)14-9-8-11(3)12(4)10-14/h11-14H,6-10,18H2,1-5H3. The Bertz CT molecular complexity index is 447. The van der Waals surface area contributed by atoms with Crippen molar-refractivity contribution < 1.29 is 0 Å². The summed E-state index contributed by atoms with van der Waals surface area (Å²) in [5.74, 6) is 1.65. The lowest BCUT2D eigenvalue weighted by Crippen LogP contribution is -2.25. The molecule has 1 aliphatic carbocycles. The van der Waals surface area contributed by atoms with Crippen LogP contribution in [0.25, 0.3) is 0 Å².